The van der Waals surface area contributed by atoms with Gasteiger partial charge < -0.3 is 14.2 Å². The summed E-state index contributed by atoms with van der Waals surface area (Å²) < 4.78 is 15.9. The van der Waals surface area contributed by atoms with Crippen LogP contribution < -0.4 is 0 Å². The SMILES string of the molecule is CC1(CC(=O)C2C(=O)OC(C)(C)OC2=O)C=CC=C(OCc2ccccc2)C=C1. The zero-order valence-electron chi connectivity index (χ0n) is 16.7. The van der Waals surface area contributed by atoms with Crippen molar-refractivity contribution in [1.29, 1.82) is 0 Å². The van der Waals surface area contributed by atoms with Crippen LogP contribution >= 0.6 is 0 Å². The topological polar surface area (TPSA) is 78.9 Å². The molecule has 1 aliphatic heterocycles. The molecule has 6 nitrogen and oxygen atoms in total. The third-order valence-electron chi connectivity index (χ3n) is 4.66. The Balaban J connectivity index is 1.63. The molecule has 1 aromatic carbocycles. The Labute approximate surface area is 169 Å². The van der Waals surface area contributed by atoms with Gasteiger partial charge in [-0.3, -0.25) is 14.4 Å². The summed E-state index contributed by atoms with van der Waals surface area (Å²) in [5.74, 6) is -4.53. The maximum Gasteiger partial charge on any atom is 0.331 e. The standard InChI is InChI=1S/C23H24O6/c1-22(2)28-20(25)19(21(26)29-22)18(24)14-23(3)12-7-10-17(11-13-23)27-15-16-8-5-4-6-9-16/h4-13,19H,14-15H2,1-3H3. The molecule has 1 saturated heterocycles. The minimum absolute atomic E-state index is 0.0465. The quantitative estimate of drug-likeness (QED) is 0.540. The second-order valence-electron chi connectivity index (χ2n) is 7.86. The molecule has 29 heavy (non-hydrogen) atoms. The summed E-state index contributed by atoms with van der Waals surface area (Å²) in [6.07, 6.45) is 9.01. The maximum atomic E-state index is 12.7. The van der Waals surface area contributed by atoms with E-state index in [-0.39, 0.29) is 6.42 Å². The molecule has 1 atom stereocenters. The van der Waals surface area contributed by atoms with Gasteiger partial charge in [-0.15, -0.1) is 0 Å². The van der Waals surface area contributed by atoms with E-state index in [4.69, 9.17) is 14.2 Å². The number of rotatable bonds is 6. The lowest BCUT2D eigenvalue weighted by atomic mass is 9.81. The first-order valence-electron chi connectivity index (χ1n) is 9.41. The average Bonchev–Trinajstić information content (AvgIpc) is 2.80. The Hall–Kier alpha value is -3.15. The number of allylic oxidation sites excluding steroid dienone is 5. The lowest BCUT2D eigenvalue weighted by Gasteiger charge is -2.33. The zero-order chi connectivity index (χ0) is 21.1. The van der Waals surface area contributed by atoms with Gasteiger partial charge in [0.2, 0.25) is 5.92 Å². The van der Waals surface area contributed by atoms with Crippen molar-refractivity contribution in [3.05, 3.63) is 72.0 Å². The Kier molecular flexibility index (Phi) is 5.73. The summed E-state index contributed by atoms with van der Waals surface area (Å²) in [6.45, 7) is 5.17. The summed E-state index contributed by atoms with van der Waals surface area (Å²) in [4.78, 5) is 37.0. The predicted molar refractivity (Wildman–Crippen MR) is 105 cm³/mol. The minimum atomic E-state index is -1.55. The normalized spacial score (nSPS) is 23.6. The van der Waals surface area contributed by atoms with E-state index in [1.807, 2.05) is 49.4 Å². The largest absolute Gasteiger partial charge is 0.489 e. The monoisotopic (exact) mass is 396 g/mol. The van der Waals surface area contributed by atoms with Crippen molar-refractivity contribution in [3.8, 4) is 0 Å². The average molecular weight is 396 g/mol. The smallest absolute Gasteiger partial charge is 0.331 e. The molecule has 0 spiro atoms. The summed E-state index contributed by atoms with van der Waals surface area (Å²) in [5.41, 5.74) is 0.365. The third kappa shape index (κ3) is 5.22. The number of cyclic esters (lactones) is 2. The Morgan fingerprint density at radius 3 is 2.34 bits per heavy atom. The van der Waals surface area contributed by atoms with Gasteiger partial charge in [-0.25, -0.2) is 0 Å². The second-order valence-corrected chi connectivity index (χ2v) is 7.86. The molecule has 0 saturated carbocycles. The first-order valence-corrected chi connectivity index (χ1v) is 9.41. The molecule has 2 aliphatic rings. The van der Waals surface area contributed by atoms with Crippen LogP contribution in [0.2, 0.25) is 0 Å². The molecular weight excluding hydrogens is 372 g/mol. The molecule has 0 amide bonds. The first-order chi connectivity index (χ1) is 13.7. The lowest BCUT2D eigenvalue weighted by Crippen LogP contribution is -2.49. The first kappa shape index (κ1) is 20.6. The van der Waals surface area contributed by atoms with Gasteiger partial charge in [0, 0.05) is 25.7 Å². The molecule has 1 unspecified atom stereocenters. The van der Waals surface area contributed by atoms with Crippen molar-refractivity contribution in [2.24, 2.45) is 11.3 Å². The van der Waals surface area contributed by atoms with Crippen molar-refractivity contribution >= 4 is 17.7 Å². The number of Topliss-reactive ketones (excluding diaryl/α,β-unsaturated/α-hetero) is 1. The van der Waals surface area contributed by atoms with Crippen molar-refractivity contribution in [2.75, 3.05) is 0 Å². The van der Waals surface area contributed by atoms with Gasteiger partial charge in [0.15, 0.2) is 5.78 Å². The maximum absolute atomic E-state index is 12.7. The van der Waals surface area contributed by atoms with E-state index in [0.717, 1.165) is 5.56 Å². The van der Waals surface area contributed by atoms with Crippen molar-refractivity contribution < 1.29 is 28.6 Å². The third-order valence-corrected chi connectivity index (χ3v) is 4.66. The predicted octanol–water partition coefficient (Wildman–Crippen LogP) is 3.63. The molecule has 1 fully saturated rings. The molecular formula is C23H24O6. The zero-order valence-corrected chi connectivity index (χ0v) is 16.7. The van der Waals surface area contributed by atoms with E-state index in [2.05, 4.69) is 0 Å². The van der Waals surface area contributed by atoms with Crippen LogP contribution in [0.3, 0.4) is 0 Å². The molecule has 1 heterocycles. The molecule has 152 valence electrons. The highest BCUT2D eigenvalue weighted by Crippen LogP contribution is 2.32. The van der Waals surface area contributed by atoms with Crippen LogP contribution in [-0.4, -0.2) is 23.5 Å². The van der Waals surface area contributed by atoms with Crippen molar-refractivity contribution in [3.63, 3.8) is 0 Å². The Bertz CT molecular complexity index is 873. The van der Waals surface area contributed by atoms with E-state index in [9.17, 15) is 14.4 Å². The van der Waals surface area contributed by atoms with Gasteiger partial charge in [-0.05, 0) is 17.7 Å². The van der Waals surface area contributed by atoms with Gasteiger partial charge >= 0.3 is 11.9 Å². The van der Waals surface area contributed by atoms with E-state index < -0.39 is 34.8 Å². The van der Waals surface area contributed by atoms with Crippen LogP contribution in [0, 0.1) is 11.3 Å². The van der Waals surface area contributed by atoms with Crippen molar-refractivity contribution in [1.82, 2.24) is 0 Å². The van der Waals surface area contributed by atoms with Crippen LogP contribution in [-0.2, 0) is 35.2 Å². The number of ether oxygens (including phenoxy) is 3. The number of benzene rings is 1. The van der Waals surface area contributed by atoms with Crippen molar-refractivity contribution in [2.45, 2.75) is 39.6 Å². The summed E-state index contributed by atoms with van der Waals surface area (Å²) in [7, 11) is 0. The van der Waals surface area contributed by atoms with Gasteiger partial charge in [0.1, 0.15) is 12.4 Å². The molecule has 1 aromatic rings. The summed E-state index contributed by atoms with van der Waals surface area (Å²) in [5, 5.41) is 0. The highest BCUT2D eigenvalue weighted by atomic mass is 16.7. The second kappa shape index (κ2) is 8.07. The van der Waals surface area contributed by atoms with E-state index >= 15 is 0 Å². The number of carbonyl (C=O) groups is 3. The van der Waals surface area contributed by atoms with E-state index in [1.165, 1.54) is 13.8 Å². The number of carbonyl (C=O) groups excluding carboxylic acids is 3. The van der Waals surface area contributed by atoms with Gasteiger partial charge in [-0.2, -0.15) is 0 Å². The van der Waals surface area contributed by atoms with Gasteiger partial charge in [0.25, 0.3) is 5.79 Å². The fourth-order valence-electron chi connectivity index (χ4n) is 3.16. The van der Waals surface area contributed by atoms with Gasteiger partial charge in [-0.1, -0.05) is 55.5 Å². The summed E-state index contributed by atoms with van der Waals surface area (Å²) >= 11 is 0. The Morgan fingerprint density at radius 2 is 1.69 bits per heavy atom. The number of hydrogen-bond donors (Lipinski definition) is 0. The van der Waals surface area contributed by atoms with Crippen LogP contribution in [0.25, 0.3) is 0 Å². The highest BCUT2D eigenvalue weighted by molar-refractivity contribution is 6.16. The molecule has 0 aromatic heterocycles. The lowest BCUT2D eigenvalue weighted by molar-refractivity contribution is -0.238. The van der Waals surface area contributed by atoms with E-state index in [0.29, 0.717) is 12.4 Å². The Morgan fingerprint density at radius 1 is 1.03 bits per heavy atom. The van der Waals surface area contributed by atoms with Crippen LogP contribution in [0.4, 0.5) is 0 Å². The molecule has 0 radical (unpaired) electrons. The molecule has 6 heteroatoms. The van der Waals surface area contributed by atoms with Crippen LogP contribution in [0.5, 0.6) is 0 Å². The van der Waals surface area contributed by atoms with E-state index in [1.54, 1.807) is 18.2 Å². The van der Waals surface area contributed by atoms with Crippen LogP contribution in [0.15, 0.2) is 66.5 Å². The van der Waals surface area contributed by atoms with Crippen LogP contribution in [0.1, 0.15) is 32.8 Å². The molecule has 1 aliphatic carbocycles. The van der Waals surface area contributed by atoms with Gasteiger partial charge in [0.05, 0.1) is 0 Å². The number of esters is 2. The molecule has 0 bridgehead atoms. The fraction of sp³-hybridized carbons (Fsp3) is 0.348. The number of hydrogen-bond acceptors (Lipinski definition) is 6. The molecule has 3 rings (SSSR count). The fourth-order valence-corrected chi connectivity index (χ4v) is 3.16. The minimum Gasteiger partial charge on any atom is -0.489 e. The highest BCUT2D eigenvalue weighted by Gasteiger charge is 2.47. The number of ketones is 1. The summed E-state index contributed by atoms with van der Waals surface area (Å²) in [6, 6.07) is 9.78. The molecule has 0 N–H and O–H groups in total.